The van der Waals surface area contributed by atoms with Crippen molar-refractivity contribution < 1.29 is 18.6 Å². The van der Waals surface area contributed by atoms with Gasteiger partial charge >= 0.3 is 0 Å². The predicted octanol–water partition coefficient (Wildman–Crippen LogP) is 0.642. The number of hydrogen-bond acceptors (Lipinski definition) is 5. The number of aliphatic hydroxyl groups excluding tert-OH is 1. The molecular formula is C10H12O4S2. The van der Waals surface area contributed by atoms with E-state index in [-0.39, 0.29) is 22.5 Å². The third kappa shape index (κ3) is 2.69. The largest absolute Gasteiger partial charge is 0.508 e. The summed E-state index contributed by atoms with van der Waals surface area (Å²) in [6.07, 6.45) is -0.822. The number of phenolic OH excluding ortho intramolecular Hbond substituents is 1. The maximum Gasteiger partial charge on any atom is 0.154 e. The summed E-state index contributed by atoms with van der Waals surface area (Å²) in [4.78, 5) is 0.765. The second kappa shape index (κ2) is 4.27. The first-order chi connectivity index (χ1) is 7.46. The van der Waals surface area contributed by atoms with Crippen LogP contribution in [0.4, 0.5) is 0 Å². The average molecular weight is 260 g/mol. The monoisotopic (exact) mass is 260 g/mol. The average Bonchev–Trinajstić information content (AvgIpc) is 2.39. The number of thioether (sulfide) groups is 1. The number of phenols is 1. The number of hydrogen-bond donors (Lipinski definition) is 2. The first-order valence-corrected chi connectivity index (χ1v) is 7.50. The Morgan fingerprint density at radius 1 is 1.31 bits per heavy atom. The molecule has 6 heteroatoms. The van der Waals surface area contributed by atoms with Gasteiger partial charge in [-0.3, -0.25) is 0 Å². The molecule has 0 amide bonds. The minimum atomic E-state index is -3.11. The van der Waals surface area contributed by atoms with Crippen molar-refractivity contribution in [1.29, 1.82) is 0 Å². The van der Waals surface area contributed by atoms with Gasteiger partial charge in [0.15, 0.2) is 9.84 Å². The molecule has 2 N–H and O–H groups in total. The van der Waals surface area contributed by atoms with E-state index in [9.17, 15) is 18.6 Å². The number of aromatic hydroxyl groups is 1. The normalized spacial score (nSPS) is 28.1. The highest BCUT2D eigenvalue weighted by Gasteiger charge is 2.36. The van der Waals surface area contributed by atoms with E-state index >= 15 is 0 Å². The SMILES string of the molecule is O=S1(=O)CC(O)C(Sc2cccc(O)c2)C1. The van der Waals surface area contributed by atoms with Gasteiger partial charge in [-0.1, -0.05) is 6.07 Å². The van der Waals surface area contributed by atoms with Crippen molar-refractivity contribution >= 4 is 21.6 Å². The molecule has 88 valence electrons. The summed E-state index contributed by atoms with van der Waals surface area (Å²) in [5.41, 5.74) is 0. The van der Waals surface area contributed by atoms with Crippen LogP contribution in [0, 0.1) is 0 Å². The third-order valence-electron chi connectivity index (χ3n) is 2.38. The second-order valence-corrected chi connectivity index (χ2v) is 7.26. The van der Waals surface area contributed by atoms with Crippen LogP contribution < -0.4 is 0 Å². The lowest BCUT2D eigenvalue weighted by molar-refractivity contribution is 0.207. The topological polar surface area (TPSA) is 74.6 Å². The molecule has 1 fully saturated rings. The summed E-state index contributed by atoms with van der Waals surface area (Å²) < 4.78 is 22.6. The third-order valence-corrected chi connectivity index (χ3v) is 5.61. The predicted molar refractivity (Wildman–Crippen MR) is 62.4 cm³/mol. The van der Waals surface area contributed by atoms with E-state index < -0.39 is 15.9 Å². The number of rotatable bonds is 2. The molecule has 0 radical (unpaired) electrons. The molecule has 2 unspecified atom stereocenters. The van der Waals surface area contributed by atoms with Crippen LogP contribution in [0.25, 0.3) is 0 Å². The molecule has 0 saturated carbocycles. The van der Waals surface area contributed by atoms with E-state index in [1.165, 1.54) is 11.8 Å². The number of aliphatic hydroxyl groups is 1. The molecule has 0 bridgehead atoms. The fourth-order valence-corrected chi connectivity index (χ4v) is 5.22. The highest BCUT2D eigenvalue weighted by molar-refractivity contribution is 8.02. The molecule has 2 atom stereocenters. The van der Waals surface area contributed by atoms with Crippen LogP contribution in [0.5, 0.6) is 5.75 Å². The van der Waals surface area contributed by atoms with Crippen LogP contribution in [0.2, 0.25) is 0 Å². The molecule has 1 aromatic carbocycles. The van der Waals surface area contributed by atoms with Crippen molar-refractivity contribution in [2.75, 3.05) is 11.5 Å². The lowest BCUT2D eigenvalue weighted by Gasteiger charge is -2.11. The standard InChI is InChI=1S/C10H12O4S2/c11-7-2-1-3-8(4-7)15-10-6-16(13,14)5-9(10)12/h1-4,9-12H,5-6H2. The summed E-state index contributed by atoms with van der Waals surface area (Å²) in [5.74, 6) is -0.0295. The summed E-state index contributed by atoms with van der Waals surface area (Å²) in [6, 6.07) is 6.57. The zero-order chi connectivity index (χ0) is 11.8. The van der Waals surface area contributed by atoms with Crippen LogP contribution in [-0.4, -0.2) is 41.5 Å². The van der Waals surface area contributed by atoms with E-state index in [1.807, 2.05) is 0 Å². The fraction of sp³-hybridized carbons (Fsp3) is 0.400. The van der Waals surface area contributed by atoms with E-state index in [4.69, 9.17) is 0 Å². The Labute approximate surface area is 98.2 Å². The number of benzene rings is 1. The molecule has 0 aliphatic carbocycles. The Bertz CT molecular complexity index is 483. The molecule has 0 aromatic heterocycles. The van der Waals surface area contributed by atoms with Gasteiger partial charge in [0.2, 0.25) is 0 Å². The van der Waals surface area contributed by atoms with Crippen LogP contribution in [0.3, 0.4) is 0 Å². The Balaban J connectivity index is 2.11. The zero-order valence-electron chi connectivity index (χ0n) is 8.41. The van der Waals surface area contributed by atoms with Crippen LogP contribution in [0.15, 0.2) is 29.2 Å². The Hall–Kier alpha value is -0.720. The van der Waals surface area contributed by atoms with Crippen molar-refractivity contribution in [2.45, 2.75) is 16.2 Å². The van der Waals surface area contributed by atoms with Crippen LogP contribution >= 0.6 is 11.8 Å². The molecule has 1 saturated heterocycles. The minimum absolute atomic E-state index is 0.00547. The first kappa shape index (κ1) is 11.8. The summed E-state index contributed by atoms with van der Waals surface area (Å²) in [7, 11) is -3.11. The van der Waals surface area contributed by atoms with Crippen molar-refractivity contribution in [3.8, 4) is 5.75 Å². The summed E-state index contributed by atoms with van der Waals surface area (Å²) >= 11 is 1.29. The Morgan fingerprint density at radius 3 is 2.62 bits per heavy atom. The van der Waals surface area contributed by atoms with Gasteiger partial charge in [-0.15, -0.1) is 11.8 Å². The molecular weight excluding hydrogens is 248 g/mol. The van der Waals surface area contributed by atoms with Gasteiger partial charge in [0.25, 0.3) is 0 Å². The van der Waals surface area contributed by atoms with Gasteiger partial charge in [-0.2, -0.15) is 0 Å². The molecule has 2 rings (SSSR count). The summed E-state index contributed by atoms with van der Waals surface area (Å²) in [5, 5.41) is 18.5. The highest BCUT2D eigenvalue weighted by atomic mass is 32.2. The van der Waals surface area contributed by atoms with Gasteiger partial charge in [-0.25, -0.2) is 8.42 Å². The molecule has 0 spiro atoms. The van der Waals surface area contributed by atoms with Crippen molar-refractivity contribution in [2.24, 2.45) is 0 Å². The Kier molecular flexibility index (Phi) is 3.14. The van der Waals surface area contributed by atoms with Gasteiger partial charge in [0.1, 0.15) is 5.75 Å². The van der Waals surface area contributed by atoms with Gasteiger partial charge < -0.3 is 10.2 Å². The first-order valence-electron chi connectivity index (χ1n) is 4.80. The van der Waals surface area contributed by atoms with Gasteiger partial charge in [0, 0.05) is 4.90 Å². The maximum absolute atomic E-state index is 11.3. The van der Waals surface area contributed by atoms with Crippen molar-refractivity contribution in [1.82, 2.24) is 0 Å². The second-order valence-electron chi connectivity index (χ2n) is 3.80. The summed E-state index contributed by atoms with van der Waals surface area (Å²) in [6.45, 7) is 0. The smallest absolute Gasteiger partial charge is 0.154 e. The highest BCUT2D eigenvalue weighted by Crippen LogP contribution is 2.32. The van der Waals surface area contributed by atoms with E-state index in [1.54, 1.807) is 24.3 Å². The fourth-order valence-electron chi connectivity index (χ4n) is 1.64. The minimum Gasteiger partial charge on any atom is -0.508 e. The number of sulfone groups is 1. The maximum atomic E-state index is 11.3. The van der Waals surface area contributed by atoms with Gasteiger partial charge in [0.05, 0.1) is 22.9 Å². The molecule has 1 aromatic rings. The van der Waals surface area contributed by atoms with E-state index in [2.05, 4.69) is 0 Å². The lowest BCUT2D eigenvalue weighted by atomic mass is 10.3. The molecule has 4 nitrogen and oxygen atoms in total. The molecule has 1 aliphatic rings. The van der Waals surface area contributed by atoms with E-state index in [0.717, 1.165) is 4.90 Å². The Morgan fingerprint density at radius 2 is 2.06 bits per heavy atom. The molecule has 1 aliphatic heterocycles. The quantitative estimate of drug-likeness (QED) is 0.816. The molecule has 1 heterocycles. The van der Waals surface area contributed by atoms with Crippen molar-refractivity contribution in [3.05, 3.63) is 24.3 Å². The van der Waals surface area contributed by atoms with E-state index in [0.29, 0.717) is 0 Å². The lowest BCUT2D eigenvalue weighted by Crippen LogP contribution is -2.19. The van der Waals surface area contributed by atoms with Crippen LogP contribution in [-0.2, 0) is 9.84 Å². The molecule has 16 heavy (non-hydrogen) atoms. The van der Waals surface area contributed by atoms with Crippen molar-refractivity contribution in [3.63, 3.8) is 0 Å². The zero-order valence-corrected chi connectivity index (χ0v) is 10.0. The van der Waals surface area contributed by atoms with Crippen LogP contribution in [0.1, 0.15) is 0 Å². The van der Waals surface area contributed by atoms with Gasteiger partial charge in [-0.05, 0) is 18.2 Å².